The van der Waals surface area contributed by atoms with Crippen molar-refractivity contribution in [3.8, 4) is 0 Å². The van der Waals surface area contributed by atoms with Gasteiger partial charge in [0.15, 0.2) is 4.34 Å². The molecular weight excluding hydrogens is 436 g/mol. The Hall–Kier alpha value is -2.33. The monoisotopic (exact) mass is 464 g/mol. The molecule has 1 aromatic carbocycles. The molecule has 1 aliphatic heterocycles. The van der Waals surface area contributed by atoms with E-state index in [-0.39, 0.29) is 30.0 Å². The first-order chi connectivity index (χ1) is 14.9. The first kappa shape index (κ1) is 23.3. The molecular formula is C21H28N4O4S2. The van der Waals surface area contributed by atoms with E-state index in [9.17, 15) is 14.4 Å². The number of esters is 1. The molecule has 1 fully saturated rings. The van der Waals surface area contributed by atoms with Gasteiger partial charge in [-0.15, -0.1) is 11.3 Å². The second kappa shape index (κ2) is 11.3. The SMILES string of the molecule is CC(=O)OCCSc1nc2ccc(NC(=O)CCCCCC3NC(=O)NC3C)cc2s1. The fourth-order valence-corrected chi connectivity index (χ4v) is 5.37. The number of urea groups is 1. The molecule has 0 aliphatic carbocycles. The third kappa shape index (κ3) is 7.39. The maximum atomic E-state index is 12.3. The fourth-order valence-electron chi connectivity index (χ4n) is 3.37. The number of thiazole rings is 1. The Morgan fingerprint density at radius 3 is 2.84 bits per heavy atom. The normalized spacial score (nSPS) is 17.9. The molecule has 0 spiro atoms. The van der Waals surface area contributed by atoms with E-state index in [0.29, 0.717) is 18.8 Å². The van der Waals surface area contributed by atoms with Crippen molar-refractivity contribution in [2.75, 3.05) is 17.7 Å². The maximum absolute atomic E-state index is 12.3. The van der Waals surface area contributed by atoms with E-state index in [0.717, 1.165) is 45.9 Å². The predicted molar refractivity (Wildman–Crippen MR) is 124 cm³/mol. The molecule has 10 heteroatoms. The molecule has 31 heavy (non-hydrogen) atoms. The summed E-state index contributed by atoms with van der Waals surface area (Å²) in [6.07, 6.45) is 4.15. The molecule has 168 valence electrons. The number of aromatic nitrogens is 1. The zero-order valence-electron chi connectivity index (χ0n) is 17.7. The molecule has 2 aromatic rings. The third-order valence-corrected chi connectivity index (χ3v) is 7.09. The number of hydrogen-bond acceptors (Lipinski definition) is 7. The van der Waals surface area contributed by atoms with Gasteiger partial charge in [0, 0.05) is 30.8 Å². The minimum absolute atomic E-state index is 0.00375. The van der Waals surface area contributed by atoms with Crippen molar-refractivity contribution in [1.29, 1.82) is 0 Å². The molecule has 1 aromatic heterocycles. The number of amides is 3. The van der Waals surface area contributed by atoms with E-state index in [1.165, 1.54) is 6.92 Å². The minimum Gasteiger partial charge on any atom is -0.465 e. The summed E-state index contributed by atoms with van der Waals surface area (Å²) in [5, 5.41) is 8.72. The van der Waals surface area contributed by atoms with Crippen LogP contribution < -0.4 is 16.0 Å². The number of hydrogen-bond donors (Lipinski definition) is 3. The first-order valence-corrected chi connectivity index (χ1v) is 12.2. The molecule has 0 saturated carbocycles. The summed E-state index contributed by atoms with van der Waals surface area (Å²) in [7, 11) is 0. The summed E-state index contributed by atoms with van der Waals surface area (Å²) >= 11 is 3.11. The molecule has 0 radical (unpaired) electrons. The highest BCUT2D eigenvalue weighted by atomic mass is 32.2. The largest absolute Gasteiger partial charge is 0.465 e. The van der Waals surface area contributed by atoms with Crippen LogP contribution >= 0.6 is 23.1 Å². The number of benzene rings is 1. The second-order valence-corrected chi connectivity index (χ2v) is 9.88. The van der Waals surface area contributed by atoms with Crippen molar-refractivity contribution in [2.24, 2.45) is 0 Å². The van der Waals surface area contributed by atoms with Crippen molar-refractivity contribution in [2.45, 2.75) is 62.4 Å². The van der Waals surface area contributed by atoms with Crippen molar-refractivity contribution >= 4 is 56.9 Å². The van der Waals surface area contributed by atoms with Gasteiger partial charge in [0.25, 0.3) is 0 Å². The topological polar surface area (TPSA) is 109 Å². The van der Waals surface area contributed by atoms with Crippen LogP contribution in [0.15, 0.2) is 22.5 Å². The lowest BCUT2D eigenvalue weighted by molar-refractivity contribution is -0.140. The standard InChI is InChI=1S/C21H28N4O4S2/c1-13-16(24-20(28)22-13)6-4-3-5-7-19(27)23-15-8-9-17-18(12-15)31-21(25-17)30-11-10-29-14(2)26/h8-9,12-13,16H,3-7,10-11H2,1-2H3,(H,23,27)(H2,22,24,28). The van der Waals surface area contributed by atoms with Crippen LogP contribution in [0.4, 0.5) is 10.5 Å². The quantitative estimate of drug-likeness (QED) is 0.264. The van der Waals surface area contributed by atoms with Crippen LogP contribution in [0.2, 0.25) is 0 Å². The van der Waals surface area contributed by atoms with Gasteiger partial charge >= 0.3 is 12.0 Å². The Labute approximate surface area is 189 Å². The number of thioether (sulfide) groups is 1. The van der Waals surface area contributed by atoms with E-state index >= 15 is 0 Å². The maximum Gasteiger partial charge on any atom is 0.315 e. The molecule has 3 amide bonds. The summed E-state index contributed by atoms with van der Waals surface area (Å²) in [5.74, 6) is 0.384. The van der Waals surface area contributed by atoms with E-state index in [4.69, 9.17) is 4.74 Å². The number of anilines is 1. The second-order valence-electron chi connectivity index (χ2n) is 7.51. The van der Waals surface area contributed by atoms with Crippen LogP contribution in [-0.2, 0) is 14.3 Å². The van der Waals surface area contributed by atoms with Crippen molar-refractivity contribution in [1.82, 2.24) is 15.6 Å². The number of fused-ring (bicyclic) bond motifs is 1. The van der Waals surface area contributed by atoms with Crippen molar-refractivity contribution in [3.05, 3.63) is 18.2 Å². The zero-order valence-corrected chi connectivity index (χ0v) is 19.4. The molecule has 2 heterocycles. The van der Waals surface area contributed by atoms with Gasteiger partial charge in [-0.2, -0.15) is 0 Å². The van der Waals surface area contributed by atoms with Gasteiger partial charge in [0.1, 0.15) is 6.61 Å². The highest BCUT2D eigenvalue weighted by Gasteiger charge is 2.26. The van der Waals surface area contributed by atoms with Crippen LogP contribution in [0.3, 0.4) is 0 Å². The van der Waals surface area contributed by atoms with Gasteiger partial charge in [-0.3, -0.25) is 9.59 Å². The van der Waals surface area contributed by atoms with Gasteiger partial charge in [0.2, 0.25) is 5.91 Å². The van der Waals surface area contributed by atoms with Gasteiger partial charge < -0.3 is 20.7 Å². The summed E-state index contributed by atoms with van der Waals surface area (Å²) in [6.45, 7) is 3.76. The smallest absolute Gasteiger partial charge is 0.315 e. The third-order valence-electron chi connectivity index (χ3n) is 4.96. The molecule has 2 unspecified atom stereocenters. The van der Waals surface area contributed by atoms with Crippen molar-refractivity contribution < 1.29 is 19.1 Å². The molecule has 2 atom stereocenters. The molecule has 1 aliphatic rings. The lowest BCUT2D eigenvalue weighted by Gasteiger charge is -2.13. The molecule has 1 saturated heterocycles. The zero-order chi connectivity index (χ0) is 22.2. The van der Waals surface area contributed by atoms with Crippen LogP contribution in [0.25, 0.3) is 10.2 Å². The lowest BCUT2D eigenvalue weighted by atomic mass is 10.0. The van der Waals surface area contributed by atoms with Gasteiger partial charge in [0.05, 0.1) is 16.3 Å². The van der Waals surface area contributed by atoms with Crippen LogP contribution in [-0.4, -0.2) is 47.3 Å². The Morgan fingerprint density at radius 1 is 1.26 bits per heavy atom. The summed E-state index contributed by atoms with van der Waals surface area (Å²) in [5.41, 5.74) is 1.66. The number of carbonyl (C=O) groups excluding carboxylic acids is 3. The van der Waals surface area contributed by atoms with E-state index in [1.54, 1.807) is 23.1 Å². The Bertz CT molecular complexity index is 933. The molecule has 8 nitrogen and oxygen atoms in total. The summed E-state index contributed by atoms with van der Waals surface area (Å²) in [4.78, 5) is 38.9. The van der Waals surface area contributed by atoms with Gasteiger partial charge in [-0.25, -0.2) is 9.78 Å². The molecule has 3 N–H and O–H groups in total. The van der Waals surface area contributed by atoms with E-state index in [1.807, 2.05) is 25.1 Å². The van der Waals surface area contributed by atoms with E-state index in [2.05, 4.69) is 20.9 Å². The Kier molecular flexibility index (Phi) is 8.53. The average molecular weight is 465 g/mol. The highest BCUT2D eigenvalue weighted by molar-refractivity contribution is 8.01. The number of carbonyl (C=O) groups is 3. The van der Waals surface area contributed by atoms with Crippen LogP contribution in [0.1, 0.15) is 46.0 Å². The molecule has 3 rings (SSSR count). The Morgan fingerprint density at radius 2 is 2.10 bits per heavy atom. The first-order valence-electron chi connectivity index (χ1n) is 10.4. The Balaban J connectivity index is 1.37. The molecule has 0 bridgehead atoms. The van der Waals surface area contributed by atoms with Gasteiger partial charge in [-0.05, 0) is 38.0 Å². The van der Waals surface area contributed by atoms with Crippen molar-refractivity contribution in [3.63, 3.8) is 0 Å². The van der Waals surface area contributed by atoms with Crippen LogP contribution in [0.5, 0.6) is 0 Å². The van der Waals surface area contributed by atoms with Gasteiger partial charge in [-0.1, -0.05) is 24.6 Å². The lowest BCUT2D eigenvalue weighted by Crippen LogP contribution is -2.30. The number of nitrogens with one attached hydrogen (secondary N) is 3. The van der Waals surface area contributed by atoms with E-state index < -0.39 is 0 Å². The number of unbranched alkanes of at least 4 members (excludes halogenated alkanes) is 2. The fraction of sp³-hybridized carbons (Fsp3) is 0.524. The number of ether oxygens (including phenoxy) is 1. The minimum atomic E-state index is -0.278. The number of rotatable bonds is 11. The highest BCUT2D eigenvalue weighted by Crippen LogP contribution is 2.31. The predicted octanol–water partition coefficient (Wildman–Crippen LogP) is 3.91. The number of nitrogens with zero attached hydrogens (tertiary/aromatic N) is 1. The average Bonchev–Trinajstić information content (AvgIpc) is 3.26. The summed E-state index contributed by atoms with van der Waals surface area (Å²) < 4.78 is 6.85. The summed E-state index contributed by atoms with van der Waals surface area (Å²) in [6, 6.07) is 5.95. The van der Waals surface area contributed by atoms with Crippen LogP contribution in [0, 0.1) is 0 Å².